The first-order chi connectivity index (χ1) is 8.58. The second-order valence-corrected chi connectivity index (χ2v) is 5.20. The maximum Gasteiger partial charge on any atom is 0.167 e. The predicted octanol–water partition coefficient (Wildman–Crippen LogP) is 4.27. The highest BCUT2D eigenvalue weighted by atomic mass is 79.9. The van der Waals surface area contributed by atoms with Gasteiger partial charge in [0.25, 0.3) is 0 Å². The number of benzene rings is 1. The molecule has 0 aliphatic carbocycles. The smallest absolute Gasteiger partial charge is 0.167 e. The van der Waals surface area contributed by atoms with E-state index in [1.54, 1.807) is 11.9 Å². The Bertz CT molecular complexity index is 562. The molecule has 0 saturated carbocycles. The van der Waals surface area contributed by atoms with Crippen LogP contribution in [0.1, 0.15) is 5.56 Å². The second-order valence-electron chi connectivity index (χ2n) is 3.91. The molecule has 0 spiro atoms. The van der Waals surface area contributed by atoms with Crippen LogP contribution in [0.4, 0.5) is 10.2 Å². The fourth-order valence-corrected chi connectivity index (χ4v) is 2.20. The molecule has 0 aliphatic heterocycles. The van der Waals surface area contributed by atoms with Gasteiger partial charge in [-0.3, -0.25) is 0 Å². The van der Waals surface area contributed by atoms with Crippen molar-refractivity contribution >= 4 is 33.3 Å². The van der Waals surface area contributed by atoms with Crippen LogP contribution < -0.4 is 4.90 Å². The SMILES string of the molecule is CN(Cc1ccccc1Br)c1ncc(Cl)cc1F. The Balaban J connectivity index is 2.22. The van der Waals surface area contributed by atoms with Crippen LogP contribution in [-0.4, -0.2) is 12.0 Å². The third-order valence-electron chi connectivity index (χ3n) is 2.52. The molecule has 0 atom stereocenters. The van der Waals surface area contributed by atoms with E-state index in [-0.39, 0.29) is 5.82 Å². The number of aromatic nitrogens is 1. The van der Waals surface area contributed by atoms with E-state index in [0.29, 0.717) is 11.6 Å². The summed E-state index contributed by atoms with van der Waals surface area (Å²) in [7, 11) is 1.79. The third kappa shape index (κ3) is 3.00. The van der Waals surface area contributed by atoms with Crippen LogP contribution in [-0.2, 0) is 6.54 Å². The van der Waals surface area contributed by atoms with E-state index >= 15 is 0 Å². The molecule has 1 aromatic heterocycles. The van der Waals surface area contributed by atoms with Crippen LogP contribution >= 0.6 is 27.5 Å². The lowest BCUT2D eigenvalue weighted by molar-refractivity contribution is 0.615. The number of halogens is 3. The summed E-state index contributed by atoms with van der Waals surface area (Å²) in [6.07, 6.45) is 1.44. The topological polar surface area (TPSA) is 16.1 Å². The number of hydrogen-bond donors (Lipinski definition) is 0. The van der Waals surface area contributed by atoms with Gasteiger partial charge in [-0.1, -0.05) is 45.7 Å². The van der Waals surface area contributed by atoms with Gasteiger partial charge >= 0.3 is 0 Å². The van der Waals surface area contributed by atoms with Gasteiger partial charge in [-0.05, 0) is 17.7 Å². The molecule has 0 amide bonds. The summed E-state index contributed by atoms with van der Waals surface area (Å²) in [6, 6.07) is 9.08. The van der Waals surface area contributed by atoms with E-state index in [4.69, 9.17) is 11.6 Å². The molecule has 5 heteroatoms. The average molecular weight is 330 g/mol. The maximum absolute atomic E-state index is 13.7. The van der Waals surface area contributed by atoms with E-state index in [1.807, 2.05) is 24.3 Å². The Morgan fingerprint density at radius 1 is 1.39 bits per heavy atom. The summed E-state index contributed by atoms with van der Waals surface area (Å²) in [5.41, 5.74) is 1.07. The maximum atomic E-state index is 13.7. The molecule has 2 nitrogen and oxygen atoms in total. The summed E-state index contributed by atoms with van der Waals surface area (Å²) in [5.74, 6) is -0.132. The molecule has 2 aromatic rings. The van der Waals surface area contributed by atoms with Crippen LogP contribution in [0.2, 0.25) is 5.02 Å². The van der Waals surface area contributed by atoms with Gasteiger partial charge in [0.05, 0.1) is 5.02 Å². The first-order valence-electron chi connectivity index (χ1n) is 5.33. The van der Waals surface area contributed by atoms with E-state index < -0.39 is 5.82 Å². The quantitative estimate of drug-likeness (QED) is 0.836. The molecule has 0 N–H and O–H groups in total. The fourth-order valence-electron chi connectivity index (χ4n) is 1.65. The average Bonchev–Trinajstić information content (AvgIpc) is 2.32. The minimum Gasteiger partial charge on any atom is -0.353 e. The first kappa shape index (κ1) is 13.3. The third-order valence-corrected chi connectivity index (χ3v) is 3.50. The van der Waals surface area contributed by atoms with Crippen LogP contribution in [0, 0.1) is 5.82 Å². The molecule has 0 aliphatic rings. The Morgan fingerprint density at radius 2 is 2.11 bits per heavy atom. The zero-order valence-electron chi connectivity index (χ0n) is 9.70. The minimum absolute atomic E-state index is 0.287. The summed E-state index contributed by atoms with van der Waals surface area (Å²) in [4.78, 5) is 5.75. The van der Waals surface area contributed by atoms with Gasteiger partial charge in [-0.2, -0.15) is 0 Å². The van der Waals surface area contributed by atoms with Gasteiger partial charge in [0, 0.05) is 24.3 Å². The van der Waals surface area contributed by atoms with Crippen molar-refractivity contribution in [1.29, 1.82) is 0 Å². The molecule has 0 unspecified atom stereocenters. The first-order valence-corrected chi connectivity index (χ1v) is 6.50. The molecular weight excluding hydrogens is 319 g/mol. The van der Waals surface area contributed by atoms with Crippen molar-refractivity contribution in [2.75, 3.05) is 11.9 Å². The fraction of sp³-hybridized carbons (Fsp3) is 0.154. The highest BCUT2D eigenvalue weighted by molar-refractivity contribution is 9.10. The summed E-state index contributed by atoms with van der Waals surface area (Å²) in [5, 5.41) is 0.297. The number of nitrogens with zero attached hydrogens (tertiary/aromatic N) is 2. The molecule has 1 heterocycles. The van der Waals surface area contributed by atoms with Crippen LogP contribution in [0.3, 0.4) is 0 Å². The highest BCUT2D eigenvalue weighted by Gasteiger charge is 2.11. The minimum atomic E-state index is -0.419. The molecule has 0 radical (unpaired) electrons. The van der Waals surface area contributed by atoms with Crippen molar-refractivity contribution in [3.8, 4) is 0 Å². The Hall–Kier alpha value is -1.13. The predicted molar refractivity (Wildman–Crippen MR) is 75.5 cm³/mol. The van der Waals surface area contributed by atoms with Crippen molar-refractivity contribution < 1.29 is 4.39 Å². The van der Waals surface area contributed by atoms with Gasteiger partial charge in [0.2, 0.25) is 0 Å². The lowest BCUT2D eigenvalue weighted by atomic mass is 10.2. The molecule has 1 aromatic carbocycles. The van der Waals surface area contributed by atoms with Crippen LogP contribution in [0.15, 0.2) is 41.0 Å². The van der Waals surface area contributed by atoms with E-state index in [1.165, 1.54) is 12.3 Å². The van der Waals surface area contributed by atoms with E-state index in [9.17, 15) is 4.39 Å². The Labute approximate surface area is 119 Å². The van der Waals surface area contributed by atoms with E-state index in [2.05, 4.69) is 20.9 Å². The van der Waals surface area contributed by atoms with Gasteiger partial charge < -0.3 is 4.90 Å². The van der Waals surface area contributed by atoms with Gasteiger partial charge in [0.15, 0.2) is 11.6 Å². The number of anilines is 1. The summed E-state index contributed by atoms with van der Waals surface area (Å²) < 4.78 is 14.7. The van der Waals surface area contributed by atoms with E-state index in [0.717, 1.165) is 10.0 Å². The normalized spacial score (nSPS) is 10.4. The van der Waals surface area contributed by atoms with Crippen molar-refractivity contribution in [3.05, 3.63) is 57.4 Å². The van der Waals surface area contributed by atoms with Crippen LogP contribution in [0.5, 0.6) is 0 Å². The molecule has 0 saturated heterocycles. The lowest BCUT2D eigenvalue weighted by Crippen LogP contribution is -2.19. The summed E-state index contributed by atoms with van der Waals surface area (Å²) in [6.45, 7) is 0.562. The highest BCUT2D eigenvalue weighted by Crippen LogP contribution is 2.23. The second kappa shape index (κ2) is 5.67. The zero-order chi connectivity index (χ0) is 13.1. The molecule has 2 rings (SSSR count). The van der Waals surface area contributed by atoms with Crippen molar-refractivity contribution in [3.63, 3.8) is 0 Å². The lowest BCUT2D eigenvalue weighted by Gasteiger charge is -2.19. The molecular formula is C13H11BrClFN2. The number of hydrogen-bond acceptors (Lipinski definition) is 2. The summed E-state index contributed by atoms with van der Waals surface area (Å²) >= 11 is 9.14. The Kier molecular flexibility index (Phi) is 4.19. The van der Waals surface area contributed by atoms with Crippen molar-refractivity contribution in [1.82, 2.24) is 4.98 Å². The molecule has 18 heavy (non-hydrogen) atoms. The number of rotatable bonds is 3. The monoisotopic (exact) mass is 328 g/mol. The largest absolute Gasteiger partial charge is 0.353 e. The Morgan fingerprint density at radius 3 is 2.78 bits per heavy atom. The standard InChI is InChI=1S/C13H11BrClFN2/c1-18(8-9-4-2-3-5-11(9)14)13-12(16)6-10(15)7-17-13/h2-7H,8H2,1H3. The molecule has 0 fully saturated rings. The zero-order valence-corrected chi connectivity index (χ0v) is 12.0. The van der Waals surface area contributed by atoms with Gasteiger partial charge in [-0.25, -0.2) is 9.37 Å². The van der Waals surface area contributed by atoms with Crippen molar-refractivity contribution in [2.45, 2.75) is 6.54 Å². The number of pyridine rings is 1. The van der Waals surface area contributed by atoms with Gasteiger partial charge in [-0.15, -0.1) is 0 Å². The van der Waals surface area contributed by atoms with Crippen molar-refractivity contribution in [2.24, 2.45) is 0 Å². The molecule has 0 bridgehead atoms. The van der Waals surface area contributed by atoms with Crippen LogP contribution in [0.25, 0.3) is 0 Å². The molecule has 94 valence electrons. The van der Waals surface area contributed by atoms with Gasteiger partial charge in [0.1, 0.15) is 0 Å².